The van der Waals surface area contributed by atoms with Crippen LogP contribution in [0.4, 0.5) is 14.7 Å². The normalized spacial score (nSPS) is 31.3. The van der Waals surface area contributed by atoms with Gasteiger partial charge in [-0.05, 0) is 0 Å². The van der Waals surface area contributed by atoms with Gasteiger partial charge in [0.1, 0.15) is 24.4 Å². The lowest BCUT2D eigenvalue weighted by Crippen LogP contribution is -2.33. The maximum absolute atomic E-state index is 15.3. The number of fused-ring (bicyclic) bond motifs is 2. The van der Waals surface area contributed by atoms with E-state index in [-0.39, 0.29) is 28.3 Å². The summed E-state index contributed by atoms with van der Waals surface area (Å²) < 4.78 is 67.0. The molecule has 19 nitrogen and oxygen atoms in total. The molecule has 0 saturated carbocycles. The molecule has 1 unspecified atom stereocenters. The number of alkyl halides is 2. The number of aromatic amines is 2. The Hall–Kier alpha value is -3.37. The Morgan fingerprint density at radius 1 is 1.12 bits per heavy atom. The van der Waals surface area contributed by atoms with Gasteiger partial charge in [0.05, 0.1) is 25.9 Å². The van der Waals surface area contributed by atoms with Crippen molar-refractivity contribution in [1.82, 2.24) is 44.5 Å². The van der Waals surface area contributed by atoms with Crippen molar-refractivity contribution >= 4 is 47.3 Å². The van der Waals surface area contributed by atoms with Crippen LogP contribution in [0, 0.1) is 0 Å². The van der Waals surface area contributed by atoms with Gasteiger partial charge in [0.2, 0.25) is 5.95 Å². The molecule has 6 N–H and O–H groups in total. The molecule has 2 fully saturated rings. The first-order valence-corrected chi connectivity index (χ1v) is 14.7. The third-order valence-electron chi connectivity index (χ3n) is 6.63. The van der Waals surface area contributed by atoms with Crippen LogP contribution >= 0.6 is 19.0 Å². The Morgan fingerprint density at radius 2 is 1.88 bits per heavy atom. The molecule has 2 aliphatic heterocycles. The van der Waals surface area contributed by atoms with Crippen molar-refractivity contribution in [2.24, 2.45) is 0 Å². The molecule has 2 aliphatic rings. The molecule has 4 aromatic rings. The molecule has 6 rings (SSSR count). The SMILES string of the molecule is Nc1nc2c(nnn2[C@@H]2O[C@H](CO)[C@H](F)[C@H]2OP(=O)(S)OC[C@H]2O[C@@H](n3cnc4c(=O)[nH]cnc43)[C@@H](F)[C@@H]2O)c(=O)[nH]1. The van der Waals surface area contributed by atoms with Crippen molar-refractivity contribution in [2.75, 3.05) is 18.9 Å². The van der Waals surface area contributed by atoms with Crippen LogP contribution < -0.4 is 16.9 Å². The van der Waals surface area contributed by atoms with Crippen LogP contribution in [0.2, 0.25) is 0 Å². The lowest BCUT2D eigenvalue weighted by Gasteiger charge is -2.24. The van der Waals surface area contributed by atoms with E-state index in [1.807, 2.05) is 0 Å². The number of nitrogens with two attached hydrogens (primary N) is 1. The van der Waals surface area contributed by atoms with E-state index < -0.39 is 80.3 Å². The van der Waals surface area contributed by atoms with Gasteiger partial charge in [-0.3, -0.25) is 28.2 Å². The molecule has 0 radical (unpaired) electrons. The highest BCUT2D eigenvalue weighted by molar-refractivity contribution is 8.44. The topological polar surface area (TPSA) is 260 Å². The van der Waals surface area contributed by atoms with Crippen molar-refractivity contribution in [3.8, 4) is 0 Å². The molecule has 6 heterocycles. The zero-order chi connectivity index (χ0) is 29.9. The fraction of sp³-hybridized carbons (Fsp3) is 0.526. The van der Waals surface area contributed by atoms with Crippen molar-refractivity contribution in [3.63, 3.8) is 0 Å². The summed E-state index contributed by atoms with van der Waals surface area (Å²) in [5.74, 6) is -0.309. The molecule has 0 amide bonds. The minimum atomic E-state index is -4.53. The maximum Gasteiger partial charge on any atom is 0.386 e. The highest BCUT2D eigenvalue weighted by Gasteiger charge is 2.52. The van der Waals surface area contributed by atoms with Gasteiger partial charge in [-0.1, -0.05) is 17.5 Å². The molecule has 9 atom stereocenters. The van der Waals surface area contributed by atoms with E-state index in [0.29, 0.717) is 0 Å². The number of nitrogens with zero attached hydrogens (tertiary/aromatic N) is 7. The van der Waals surface area contributed by atoms with E-state index in [1.54, 1.807) is 0 Å². The summed E-state index contributed by atoms with van der Waals surface area (Å²) in [6.07, 6.45) is -11.5. The lowest BCUT2D eigenvalue weighted by molar-refractivity contribution is -0.0576. The number of imidazole rings is 1. The van der Waals surface area contributed by atoms with Crippen LogP contribution in [-0.2, 0) is 23.1 Å². The Bertz CT molecular complexity index is 1800. The van der Waals surface area contributed by atoms with E-state index >= 15 is 8.78 Å². The van der Waals surface area contributed by atoms with Gasteiger partial charge in [-0.25, -0.2) is 23.3 Å². The molecule has 4 aromatic heterocycles. The fourth-order valence-electron chi connectivity index (χ4n) is 4.65. The van der Waals surface area contributed by atoms with Gasteiger partial charge >= 0.3 is 6.80 Å². The standard InChI is InChI=1S/C19H21F2N10O9PS/c20-7-5(1-32)38-18(31-14-10(28-29-31)16(35)27-19(22)26-14)12(7)40-41(36,42)37-2-6-11(33)8(21)17(39-6)30-4-25-9-13(30)23-3-24-15(9)34/h3-8,11-12,17-18,32-33H,1-2H2,(H,36,42)(H,23,24,34)(H3,22,26,27,35)/t5-,6-,7+,8+,11-,12-,17-,18-,41?/m1/s1. The molecule has 0 aliphatic carbocycles. The molecule has 42 heavy (non-hydrogen) atoms. The van der Waals surface area contributed by atoms with Crippen LogP contribution in [0.5, 0.6) is 0 Å². The smallest absolute Gasteiger partial charge is 0.386 e. The third-order valence-corrected chi connectivity index (χ3v) is 8.24. The Morgan fingerprint density at radius 3 is 2.64 bits per heavy atom. The first-order valence-electron chi connectivity index (χ1n) is 12.0. The first kappa shape index (κ1) is 28.7. The second-order valence-electron chi connectivity index (χ2n) is 9.24. The van der Waals surface area contributed by atoms with Crippen LogP contribution in [0.1, 0.15) is 12.5 Å². The van der Waals surface area contributed by atoms with Crippen LogP contribution in [-0.4, -0.2) is 105 Å². The zero-order valence-corrected chi connectivity index (χ0v) is 22.6. The summed E-state index contributed by atoms with van der Waals surface area (Å²) in [6, 6.07) is 0. The van der Waals surface area contributed by atoms with Gasteiger partial charge in [-0.2, -0.15) is 9.67 Å². The lowest BCUT2D eigenvalue weighted by atomic mass is 10.1. The molecule has 2 saturated heterocycles. The van der Waals surface area contributed by atoms with Crippen molar-refractivity contribution in [3.05, 3.63) is 33.4 Å². The minimum absolute atomic E-state index is 0.0121. The number of nitrogens with one attached hydrogen (secondary N) is 2. The van der Waals surface area contributed by atoms with Gasteiger partial charge in [0, 0.05) is 0 Å². The van der Waals surface area contributed by atoms with Gasteiger partial charge < -0.3 is 30.4 Å². The number of aliphatic hydroxyl groups is 2. The van der Waals surface area contributed by atoms with E-state index in [1.165, 1.54) is 0 Å². The number of anilines is 1. The number of hydrogen-bond donors (Lipinski definition) is 6. The average molecular weight is 634 g/mol. The first-order chi connectivity index (χ1) is 20.0. The Labute approximate surface area is 235 Å². The number of thiol groups is 1. The van der Waals surface area contributed by atoms with Crippen LogP contribution in [0.15, 0.2) is 22.2 Å². The van der Waals surface area contributed by atoms with E-state index in [2.05, 4.69) is 47.5 Å². The van der Waals surface area contributed by atoms with Gasteiger partial charge in [0.25, 0.3) is 11.1 Å². The number of ether oxygens (including phenoxy) is 2. The zero-order valence-electron chi connectivity index (χ0n) is 20.8. The van der Waals surface area contributed by atoms with Crippen molar-refractivity contribution in [1.29, 1.82) is 0 Å². The molecular formula is C19H21F2N10O9PS. The highest BCUT2D eigenvalue weighted by atomic mass is 32.7. The summed E-state index contributed by atoms with van der Waals surface area (Å²) in [5.41, 5.74) is 3.67. The average Bonchev–Trinajstić information content (AvgIpc) is 3.69. The predicted octanol–water partition coefficient (Wildman–Crippen LogP) is -1.51. The van der Waals surface area contributed by atoms with E-state index in [0.717, 1.165) is 21.9 Å². The number of hydrogen-bond acceptors (Lipinski definition) is 15. The highest BCUT2D eigenvalue weighted by Crippen LogP contribution is 2.57. The second kappa shape index (κ2) is 10.7. The molecule has 0 bridgehead atoms. The fourth-order valence-corrected chi connectivity index (χ4v) is 6.10. The second-order valence-corrected chi connectivity index (χ2v) is 12.1. The van der Waals surface area contributed by atoms with Crippen molar-refractivity contribution < 1.29 is 42.1 Å². The molecule has 0 spiro atoms. The van der Waals surface area contributed by atoms with Gasteiger partial charge in [-0.15, -0.1) is 5.10 Å². The van der Waals surface area contributed by atoms with Crippen LogP contribution in [0.25, 0.3) is 22.3 Å². The third kappa shape index (κ3) is 4.88. The molecule has 23 heteroatoms. The number of aliphatic hydroxyl groups excluding tert-OH is 2. The summed E-state index contributed by atoms with van der Waals surface area (Å²) in [7, 11) is 0. The predicted molar refractivity (Wildman–Crippen MR) is 137 cm³/mol. The number of aromatic nitrogens is 9. The summed E-state index contributed by atoms with van der Waals surface area (Å²) >= 11 is 3.87. The molecule has 226 valence electrons. The number of halogens is 2. The monoisotopic (exact) mass is 634 g/mol. The largest absolute Gasteiger partial charge is 0.394 e. The van der Waals surface area contributed by atoms with Crippen LogP contribution in [0.3, 0.4) is 0 Å². The quantitative estimate of drug-likeness (QED) is 0.0951. The number of rotatable bonds is 8. The van der Waals surface area contributed by atoms with E-state index in [9.17, 15) is 24.4 Å². The molecule has 0 aromatic carbocycles. The summed E-state index contributed by atoms with van der Waals surface area (Å²) in [4.78, 5) is 40.3. The molecular weight excluding hydrogens is 613 g/mol. The number of H-pyrrole nitrogens is 2. The Balaban J connectivity index is 1.19. The number of nitrogen functional groups attached to an aromatic ring is 1. The maximum atomic E-state index is 15.3. The summed E-state index contributed by atoms with van der Waals surface area (Å²) in [5, 5.41) is 27.4. The van der Waals surface area contributed by atoms with Crippen molar-refractivity contribution in [2.45, 2.75) is 49.2 Å². The minimum Gasteiger partial charge on any atom is -0.394 e. The Kier molecular flexibility index (Phi) is 7.33. The summed E-state index contributed by atoms with van der Waals surface area (Å²) in [6.45, 7) is -6.09. The van der Waals surface area contributed by atoms with Gasteiger partial charge in [0.15, 0.2) is 47.1 Å². The van der Waals surface area contributed by atoms with E-state index in [4.69, 9.17) is 24.3 Å².